The van der Waals surface area contributed by atoms with Crippen molar-refractivity contribution in [3.63, 3.8) is 0 Å². The molecule has 2 aliphatic heterocycles. The molecule has 5 nitrogen and oxygen atoms in total. The highest BCUT2D eigenvalue weighted by Gasteiger charge is 2.36. The summed E-state index contributed by atoms with van der Waals surface area (Å²) in [7, 11) is -1.65. The van der Waals surface area contributed by atoms with Crippen LogP contribution in [0.5, 0.6) is 0 Å². The van der Waals surface area contributed by atoms with Gasteiger partial charge in [-0.2, -0.15) is 0 Å². The molecule has 1 fully saturated rings. The number of fused-ring (bicyclic) bond motifs is 7. The van der Waals surface area contributed by atoms with E-state index < -0.39 is 10.0 Å². The quantitative estimate of drug-likeness (QED) is 0.466. The molecule has 0 radical (unpaired) electrons. The van der Waals surface area contributed by atoms with Crippen molar-refractivity contribution in [3.8, 4) is 0 Å². The van der Waals surface area contributed by atoms with Gasteiger partial charge in [0.05, 0.1) is 10.4 Å². The van der Waals surface area contributed by atoms with Crippen LogP contribution < -0.4 is 5.32 Å². The molecule has 30 heavy (non-hydrogen) atoms. The molecule has 4 heterocycles. The lowest BCUT2D eigenvalue weighted by Crippen LogP contribution is -2.32. The van der Waals surface area contributed by atoms with E-state index in [2.05, 4.69) is 16.9 Å². The van der Waals surface area contributed by atoms with Crippen LogP contribution in [0.2, 0.25) is 5.02 Å². The topological polar surface area (TPSA) is 56.0 Å². The van der Waals surface area contributed by atoms with E-state index in [4.69, 9.17) is 11.6 Å². The summed E-state index contributed by atoms with van der Waals surface area (Å²) < 4.78 is 30.6. The van der Waals surface area contributed by atoms with Crippen LogP contribution in [0.25, 0.3) is 21.8 Å². The number of nitrogens with zero attached hydrogens (tertiary/aromatic N) is 2. The summed E-state index contributed by atoms with van der Waals surface area (Å²) in [6, 6.07) is 13.5. The lowest BCUT2D eigenvalue weighted by atomic mass is 9.99. The van der Waals surface area contributed by atoms with Gasteiger partial charge >= 0.3 is 0 Å². The molecule has 0 aliphatic carbocycles. The number of nitrogens with one attached hydrogen (secondary N) is 1. The minimum Gasteiger partial charge on any atom is -0.347 e. The smallest absolute Gasteiger partial charge is 0.268 e. The Kier molecular flexibility index (Phi) is 4.49. The highest BCUT2D eigenvalue weighted by atomic mass is 35.5. The van der Waals surface area contributed by atoms with Crippen molar-refractivity contribution >= 4 is 55.8 Å². The summed E-state index contributed by atoms with van der Waals surface area (Å²) in [6.07, 6.45) is 4.88. The van der Waals surface area contributed by atoms with Crippen LogP contribution in [0, 0.1) is 0 Å². The van der Waals surface area contributed by atoms with Crippen LogP contribution in [-0.2, 0) is 23.5 Å². The van der Waals surface area contributed by atoms with Gasteiger partial charge in [-0.05, 0) is 54.8 Å². The number of halogens is 2. The van der Waals surface area contributed by atoms with Crippen molar-refractivity contribution in [1.82, 2.24) is 13.9 Å². The van der Waals surface area contributed by atoms with E-state index in [1.807, 2.05) is 18.2 Å². The summed E-state index contributed by atoms with van der Waals surface area (Å²) in [4.78, 5) is 0.302. The van der Waals surface area contributed by atoms with E-state index in [1.54, 1.807) is 30.5 Å². The van der Waals surface area contributed by atoms with E-state index in [0.717, 1.165) is 29.1 Å². The Hall–Kier alpha value is -1.99. The van der Waals surface area contributed by atoms with Gasteiger partial charge in [-0.15, -0.1) is 12.4 Å². The minimum atomic E-state index is -3.73. The molecule has 2 unspecified atom stereocenters. The van der Waals surface area contributed by atoms with E-state index in [0.29, 0.717) is 27.5 Å². The van der Waals surface area contributed by atoms with Crippen molar-refractivity contribution < 1.29 is 8.42 Å². The second kappa shape index (κ2) is 6.76. The Morgan fingerprint density at radius 1 is 1.07 bits per heavy atom. The Balaban J connectivity index is 0.00000193. The first-order chi connectivity index (χ1) is 13.9. The Morgan fingerprint density at radius 3 is 2.73 bits per heavy atom. The fourth-order valence-corrected chi connectivity index (χ4v) is 6.68. The van der Waals surface area contributed by atoms with Gasteiger partial charge in [0.1, 0.15) is 0 Å². The Labute approximate surface area is 186 Å². The van der Waals surface area contributed by atoms with Gasteiger partial charge in [0, 0.05) is 58.8 Å². The van der Waals surface area contributed by atoms with Gasteiger partial charge in [0.2, 0.25) is 0 Å². The monoisotopic (exact) mass is 461 g/mol. The van der Waals surface area contributed by atoms with Crippen molar-refractivity contribution in [2.75, 3.05) is 0 Å². The first-order valence-electron chi connectivity index (χ1n) is 9.83. The predicted octanol–water partition coefficient (Wildman–Crippen LogP) is 4.79. The van der Waals surface area contributed by atoms with Gasteiger partial charge in [0.15, 0.2) is 0 Å². The fraction of sp³-hybridized carbons (Fsp3) is 0.273. The average Bonchev–Trinajstić information content (AvgIpc) is 3.37. The van der Waals surface area contributed by atoms with E-state index in [1.165, 1.54) is 21.7 Å². The van der Waals surface area contributed by atoms with Crippen LogP contribution in [0.1, 0.15) is 30.1 Å². The molecule has 2 bridgehead atoms. The minimum absolute atomic E-state index is 0. The third kappa shape index (κ3) is 2.67. The molecule has 2 aromatic carbocycles. The third-order valence-corrected chi connectivity index (χ3v) is 8.46. The lowest BCUT2D eigenvalue weighted by Gasteiger charge is -2.23. The van der Waals surface area contributed by atoms with Gasteiger partial charge in [-0.25, -0.2) is 12.4 Å². The lowest BCUT2D eigenvalue weighted by molar-refractivity contribution is 0.503. The maximum atomic E-state index is 13.5. The molecule has 1 N–H and O–H groups in total. The third-order valence-electron chi connectivity index (χ3n) is 6.54. The van der Waals surface area contributed by atoms with Crippen LogP contribution in [0.15, 0.2) is 53.6 Å². The normalized spacial score (nSPS) is 20.5. The molecule has 6 rings (SSSR count). The summed E-state index contributed by atoms with van der Waals surface area (Å²) in [5.74, 6) is 0. The molecule has 0 spiro atoms. The largest absolute Gasteiger partial charge is 0.347 e. The Bertz CT molecular complexity index is 1420. The van der Waals surface area contributed by atoms with Crippen LogP contribution >= 0.6 is 24.0 Å². The van der Waals surface area contributed by atoms with E-state index in [9.17, 15) is 8.42 Å². The summed E-state index contributed by atoms with van der Waals surface area (Å²) in [5.41, 5.74) is 4.28. The first-order valence-corrected chi connectivity index (χ1v) is 11.6. The number of benzene rings is 2. The fourth-order valence-electron chi connectivity index (χ4n) is 5.14. The molecule has 0 saturated carbocycles. The predicted molar refractivity (Wildman–Crippen MR) is 122 cm³/mol. The first kappa shape index (κ1) is 19.9. The van der Waals surface area contributed by atoms with Gasteiger partial charge in [-0.1, -0.05) is 17.7 Å². The molecule has 1 saturated heterocycles. The second-order valence-corrected chi connectivity index (χ2v) is 10.4. The van der Waals surface area contributed by atoms with Gasteiger partial charge in [0.25, 0.3) is 10.0 Å². The summed E-state index contributed by atoms with van der Waals surface area (Å²) in [6.45, 7) is 0. The number of aromatic nitrogens is 2. The zero-order valence-corrected chi connectivity index (χ0v) is 18.7. The molecule has 0 amide bonds. The van der Waals surface area contributed by atoms with E-state index in [-0.39, 0.29) is 12.4 Å². The number of aryl methyl sites for hydroxylation is 1. The maximum Gasteiger partial charge on any atom is 0.268 e. The van der Waals surface area contributed by atoms with Crippen molar-refractivity contribution in [3.05, 3.63) is 64.9 Å². The second-order valence-electron chi connectivity index (χ2n) is 8.12. The number of hydrogen-bond donors (Lipinski definition) is 1. The van der Waals surface area contributed by atoms with Crippen LogP contribution in [0.3, 0.4) is 0 Å². The molecular weight excluding hydrogens is 441 g/mol. The standard InChI is InChI=1S/C22H20ClN3O2S.ClH/c1-25-19-7-5-16(12-17(19)22-18-6-4-15(24-18)11-21(22)25)29(27,28)26-9-8-13-2-3-14(23)10-20(13)26;/h2-3,5,7-10,12,15,18,24H,4,6,11H2,1H3;1H. The van der Waals surface area contributed by atoms with Gasteiger partial charge < -0.3 is 9.88 Å². The molecular formula is C22H21Cl2N3O2S. The molecule has 2 atom stereocenters. The van der Waals surface area contributed by atoms with Crippen LogP contribution in [0.4, 0.5) is 0 Å². The molecule has 2 aromatic heterocycles. The summed E-state index contributed by atoms with van der Waals surface area (Å²) in [5, 5.41) is 6.08. The Morgan fingerprint density at radius 2 is 1.90 bits per heavy atom. The highest BCUT2D eigenvalue weighted by Crippen LogP contribution is 2.42. The van der Waals surface area contributed by atoms with E-state index >= 15 is 0 Å². The summed E-state index contributed by atoms with van der Waals surface area (Å²) >= 11 is 6.12. The zero-order chi connectivity index (χ0) is 19.9. The van der Waals surface area contributed by atoms with Crippen molar-refractivity contribution in [1.29, 1.82) is 0 Å². The number of rotatable bonds is 2. The SMILES string of the molecule is Cl.Cn1c2c(c3cc(S(=O)(=O)n4ccc5ccc(Cl)cc54)ccc31)C1CCC(C2)N1. The van der Waals surface area contributed by atoms with Gasteiger partial charge in [-0.3, -0.25) is 0 Å². The highest BCUT2D eigenvalue weighted by molar-refractivity contribution is 7.90. The number of hydrogen-bond acceptors (Lipinski definition) is 3. The molecule has 4 aromatic rings. The maximum absolute atomic E-state index is 13.5. The molecule has 156 valence electrons. The zero-order valence-electron chi connectivity index (χ0n) is 16.3. The molecule has 8 heteroatoms. The van der Waals surface area contributed by atoms with Crippen molar-refractivity contribution in [2.24, 2.45) is 7.05 Å². The average molecular weight is 462 g/mol. The van der Waals surface area contributed by atoms with Crippen LogP contribution in [-0.4, -0.2) is 23.0 Å². The van der Waals surface area contributed by atoms with Crippen molar-refractivity contribution in [2.45, 2.75) is 36.2 Å². The molecule has 2 aliphatic rings.